The summed E-state index contributed by atoms with van der Waals surface area (Å²) in [5.74, 6) is 0.944. The lowest BCUT2D eigenvalue weighted by Gasteiger charge is -2.34. The molecule has 1 saturated heterocycles. The van der Waals surface area contributed by atoms with Gasteiger partial charge in [-0.2, -0.15) is 0 Å². The molecule has 2 heterocycles. The summed E-state index contributed by atoms with van der Waals surface area (Å²) < 4.78 is 0. The summed E-state index contributed by atoms with van der Waals surface area (Å²) in [6.07, 6.45) is 3.34. The molecule has 0 spiro atoms. The number of fused-ring (bicyclic) bond motifs is 1. The highest BCUT2D eigenvalue weighted by Gasteiger charge is 2.28. The first-order valence-corrected chi connectivity index (χ1v) is 9.28. The van der Waals surface area contributed by atoms with Gasteiger partial charge in [-0.3, -0.25) is 14.5 Å². The topological polar surface area (TPSA) is 52.7 Å². The van der Waals surface area contributed by atoms with Crippen molar-refractivity contribution in [1.29, 1.82) is 0 Å². The van der Waals surface area contributed by atoms with E-state index in [1.54, 1.807) is 18.4 Å². The van der Waals surface area contributed by atoms with Crippen molar-refractivity contribution >= 4 is 23.2 Å². The van der Waals surface area contributed by atoms with Gasteiger partial charge < -0.3 is 10.2 Å². The van der Waals surface area contributed by atoms with Gasteiger partial charge in [0.25, 0.3) is 5.91 Å². The summed E-state index contributed by atoms with van der Waals surface area (Å²) in [6.45, 7) is 5.65. The van der Waals surface area contributed by atoms with E-state index in [0.29, 0.717) is 19.6 Å². The van der Waals surface area contributed by atoms with E-state index in [0.717, 1.165) is 37.4 Å². The molecule has 1 aromatic rings. The van der Waals surface area contributed by atoms with Crippen molar-refractivity contribution in [2.24, 2.45) is 5.92 Å². The molecule has 6 heteroatoms. The van der Waals surface area contributed by atoms with Crippen LogP contribution in [0.5, 0.6) is 0 Å². The molecule has 2 amide bonds. The van der Waals surface area contributed by atoms with Crippen LogP contribution >= 0.6 is 11.3 Å². The smallest absolute Gasteiger partial charge is 0.255 e. The number of likely N-dealkylation sites (N-methyl/N-ethyl adjacent to an activating group) is 1. The Morgan fingerprint density at radius 2 is 2.04 bits per heavy atom. The predicted octanol–water partition coefficient (Wildman–Crippen LogP) is 1.38. The van der Waals surface area contributed by atoms with Crippen molar-refractivity contribution in [3.8, 4) is 0 Å². The second-order valence-corrected chi connectivity index (χ2v) is 7.60. The van der Waals surface area contributed by atoms with E-state index in [1.807, 2.05) is 4.90 Å². The first-order chi connectivity index (χ1) is 11.1. The number of nitrogens with one attached hydrogen (secondary N) is 1. The molecule has 1 fully saturated rings. The average molecular weight is 335 g/mol. The van der Waals surface area contributed by atoms with Crippen LogP contribution in [0.25, 0.3) is 0 Å². The van der Waals surface area contributed by atoms with E-state index in [-0.39, 0.29) is 11.8 Å². The predicted molar refractivity (Wildman–Crippen MR) is 91.9 cm³/mol. The zero-order valence-corrected chi connectivity index (χ0v) is 14.7. The van der Waals surface area contributed by atoms with Crippen LogP contribution in [0.3, 0.4) is 0 Å². The van der Waals surface area contributed by atoms with Crippen LogP contribution in [0.15, 0.2) is 5.38 Å². The molecule has 1 aliphatic heterocycles. The number of nitrogens with zero attached hydrogens (tertiary/aromatic N) is 2. The van der Waals surface area contributed by atoms with Gasteiger partial charge in [0, 0.05) is 43.5 Å². The molecule has 1 aromatic heterocycles. The van der Waals surface area contributed by atoms with Crippen LogP contribution < -0.4 is 5.32 Å². The normalized spacial score (nSPS) is 21.8. The third-order valence-electron chi connectivity index (χ3n) is 4.94. The minimum Gasteiger partial charge on any atom is -0.358 e. The highest BCUT2D eigenvalue weighted by atomic mass is 32.1. The lowest BCUT2D eigenvalue weighted by Crippen LogP contribution is -2.51. The molecule has 1 unspecified atom stereocenters. The third kappa shape index (κ3) is 3.58. The van der Waals surface area contributed by atoms with Crippen molar-refractivity contribution in [2.45, 2.75) is 26.2 Å². The Morgan fingerprint density at radius 1 is 1.30 bits per heavy atom. The summed E-state index contributed by atoms with van der Waals surface area (Å²) in [5.41, 5.74) is 2.22. The van der Waals surface area contributed by atoms with Gasteiger partial charge in [-0.1, -0.05) is 6.92 Å². The number of rotatable bonds is 3. The SMILES string of the molecule is CNC(=O)CN1CCN(C(=O)c2csc3c2CCC(C)C3)CC1. The molecular formula is C17H25N3O2S. The Morgan fingerprint density at radius 3 is 2.74 bits per heavy atom. The quantitative estimate of drug-likeness (QED) is 0.908. The van der Waals surface area contributed by atoms with Gasteiger partial charge in [-0.25, -0.2) is 0 Å². The van der Waals surface area contributed by atoms with Crippen LogP contribution in [0.4, 0.5) is 0 Å². The van der Waals surface area contributed by atoms with Crippen molar-refractivity contribution in [3.05, 3.63) is 21.4 Å². The average Bonchev–Trinajstić information content (AvgIpc) is 2.97. The summed E-state index contributed by atoms with van der Waals surface area (Å²) in [7, 11) is 1.66. The summed E-state index contributed by atoms with van der Waals surface area (Å²) >= 11 is 1.75. The van der Waals surface area contributed by atoms with E-state index in [4.69, 9.17) is 0 Å². The van der Waals surface area contributed by atoms with Crippen LogP contribution in [0.1, 0.15) is 34.1 Å². The molecule has 0 bridgehead atoms. The molecule has 5 nitrogen and oxygen atoms in total. The molecule has 0 aromatic carbocycles. The molecule has 0 saturated carbocycles. The second kappa shape index (κ2) is 7.01. The highest BCUT2D eigenvalue weighted by molar-refractivity contribution is 7.10. The zero-order valence-electron chi connectivity index (χ0n) is 13.9. The third-order valence-corrected chi connectivity index (χ3v) is 5.99. The van der Waals surface area contributed by atoms with E-state index in [1.165, 1.54) is 16.9 Å². The zero-order chi connectivity index (χ0) is 16.4. The highest BCUT2D eigenvalue weighted by Crippen LogP contribution is 2.33. The number of carbonyl (C=O) groups is 2. The molecule has 2 aliphatic rings. The lowest BCUT2D eigenvalue weighted by molar-refractivity contribution is -0.122. The Bertz CT molecular complexity index is 591. The van der Waals surface area contributed by atoms with E-state index >= 15 is 0 Å². The molecule has 1 aliphatic carbocycles. The fourth-order valence-corrected chi connectivity index (χ4v) is 4.66. The number of hydrogen-bond donors (Lipinski definition) is 1. The van der Waals surface area contributed by atoms with Gasteiger partial charge in [-0.05, 0) is 30.7 Å². The molecule has 23 heavy (non-hydrogen) atoms. The summed E-state index contributed by atoms with van der Waals surface area (Å²) in [4.78, 5) is 29.7. The van der Waals surface area contributed by atoms with Gasteiger partial charge in [0.2, 0.25) is 5.91 Å². The van der Waals surface area contributed by atoms with Crippen LogP contribution in [-0.4, -0.2) is 61.4 Å². The van der Waals surface area contributed by atoms with E-state index in [2.05, 4.69) is 22.5 Å². The molecule has 126 valence electrons. The fourth-order valence-electron chi connectivity index (χ4n) is 3.42. The molecule has 0 radical (unpaired) electrons. The number of carbonyl (C=O) groups excluding carboxylic acids is 2. The Labute approximate surface area is 141 Å². The van der Waals surface area contributed by atoms with Gasteiger partial charge in [-0.15, -0.1) is 11.3 Å². The van der Waals surface area contributed by atoms with Crippen LogP contribution in [0.2, 0.25) is 0 Å². The maximum absolute atomic E-state index is 12.8. The fraction of sp³-hybridized carbons (Fsp3) is 0.647. The van der Waals surface area contributed by atoms with E-state index < -0.39 is 0 Å². The van der Waals surface area contributed by atoms with Crippen molar-refractivity contribution in [3.63, 3.8) is 0 Å². The number of thiophene rings is 1. The molecular weight excluding hydrogens is 310 g/mol. The Balaban J connectivity index is 1.61. The monoisotopic (exact) mass is 335 g/mol. The minimum atomic E-state index is 0.0331. The van der Waals surface area contributed by atoms with Crippen LogP contribution in [0, 0.1) is 5.92 Å². The lowest BCUT2D eigenvalue weighted by atomic mass is 9.88. The largest absolute Gasteiger partial charge is 0.358 e. The molecule has 1 atom stereocenters. The standard InChI is InChI=1S/C17H25N3O2S/c1-12-3-4-13-14(11-23-15(13)9-12)17(22)20-7-5-19(6-8-20)10-16(21)18-2/h11-12H,3-10H2,1-2H3,(H,18,21). The molecule has 1 N–H and O–H groups in total. The number of amides is 2. The number of piperazine rings is 1. The second-order valence-electron chi connectivity index (χ2n) is 6.64. The van der Waals surface area contributed by atoms with Crippen molar-refractivity contribution in [2.75, 3.05) is 39.8 Å². The van der Waals surface area contributed by atoms with E-state index in [9.17, 15) is 9.59 Å². The van der Waals surface area contributed by atoms with Gasteiger partial charge >= 0.3 is 0 Å². The summed E-state index contributed by atoms with van der Waals surface area (Å²) in [5, 5.41) is 4.70. The van der Waals surface area contributed by atoms with Gasteiger partial charge in [0.05, 0.1) is 12.1 Å². The van der Waals surface area contributed by atoms with Crippen LogP contribution in [-0.2, 0) is 17.6 Å². The Kier molecular flexibility index (Phi) is 5.02. The molecule has 3 rings (SSSR count). The number of hydrogen-bond acceptors (Lipinski definition) is 4. The first kappa shape index (κ1) is 16.5. The van der Waals surface area contributed by atoms with Gasteiger partial charge in [0.15, 0.2) is 0 Å². The van der Waals surface area contributed by atoms with Crippen molar-refractivity contribution in [1.82, 2.24) is 15.1 Å². The maximum atomic E-state index is 12.8. The van der Waals surface area contributed by atoms with Gasteiger partial charge in [0.1, 0.15) is 0 Å². The Hall–Kier alpha value is -1.40. The summed E-state index contributed by atoms with van der Waals surface area (Å²) in [6, 6.07) is 0. The van der Waals surface area contributed by atoms with Crippen molar-refractivity contribution < 1.29 is 9.59 Å². The minimum absolute atomic E-state index is 0.0331. The first-order valence-electron chi connectivity index (χ1n) is 8.40. The maximum Gasteiger partial charge on any atom is 0.255 e.